The van der Waals surface area contributed by atoms with Crippen LogP contribution >= 0.6 is 0 Å². The number of carbonyl (C=O) groups excluding carboxylic acids is 1. The fourth-order valence-electron chi connectivity index (χ4n) is 3.28. The molecule has 1 heterocycles. The number of aromatic nitrogens is 2. The lowest BCUT2D eigenvalue weighted by molar-refractivity contribution is 0.102. The summed E-state index contributed by atoms with van der Waals surface area (Å²) in [4.78, 5) is 16.9. The maximum atomic E-state index is 13.2. The second-order valence-electron chi connectivity index (χ2n) is 7.35. The molecule has 0 fully saturated rings. The molecule has 0 aliphatic rings. The van der Waals surface area contributed by atoms with E-state index < -0.39 is 15.9 Å². The number of hydrogen-bond donors (Lipinski definition) is 1. The molecule has 0 spiro atoms. The number of anilines is 1. The lowest BCUT2D eigenvalue weighted by atomic mass is 10.2. The molecule has 7 nitrogen and oxygen atoms in total. The summed E-state index contributed by atoms with van der Waals surface area (Å²) >= 11 is 0. The van der Waals surface area contributed by atoms with Gasteiger partial charge < -0.3 is 5.32 Å². The van der Waals surface area contributed by atoms with Gasteiger partial charge in [0.15, 0.2) is 0 Å². The van der Waals surface area contributed by atoms with E-state index in [1.807, 2.05) is 30.3 Å². The molecule has 0 atom stereocenters. The van der Waals surface area contributed by atoms with Gasteiger partial charge in [-0.05, 0) is 54.1 Å². The number of carbonyl (C=O) groups is 1. The van der Waals surface area contributed by atoms with Crippen LogP contribution in [0.2, 0.25) is 0 Å². The van der Waals surface area contributed by atoms with Crippen LogP contribution in [-0.4, -0.2) is 35.2 Å². The van der Waals surface area contributed by atoms with Crippen LogP contribution in [0.25, 0.3) is 5.69 Å². The Balaban J connectivity index is 1.47. The van der Waals surface area contributed by atoms with Crippen molar-refractivity contribution in [2.45, 2.75) is 11.4 Å². The van der Waals surface area contributed by atoms with E-state index in [1.165, 1.54) is 64.8 Å². The number of nitrogens with zero attached hydrogens (tertiary/aromatic N) is 3. The summed E-state index contributed by atoms with van der Waals surface area (Å²) in [5.41, 5.74) is 2.14. The Bertz CT molecular complexity index is 1350. The summed E-state index contributed by atoms with van der Waals surface area (Å²) in [6.07, 6.45) is 2.86. The molecule has 4 aromatic rings. The molecule has 0 radical (unpaired) electrons. The maximum absolute atomic E-state index is 13.2. The first-order chi connectivity index (χ1) is 15.8. The van der Waals surface area contributed by atoms with E-state index in [0.29, 0.717) is 11.4 Å². The highest BCUT2D eigenvalue weighted by atomic mass is 32.2. The number of rotatable bonds is 7. The van der Waals surface area contributed by atoms with Gasteiger partial charge in [0.25, 0.3) is 5.91 Å². The van der Waals surface area contributed by atoms with E-state index in [0.717, 1.165) is 5.56 Å². The Morgan fingerprint density at radius 1 is 1.00 bits per heavy atom. The Morgan fingerprint density at radius 2 is 1.67 bits per heavy atom. The number of hydrogen-bond acceptors (Lipinski definition) is 4. The van der Waals surface area contributed by atoms with Crippen molar-refractivity contribution < 1.29 is 17.6 Å². The number of nitrogens with one attached hydrogen (secondary N) is 1. The Kier molecular flexibility index (Phi) is 6.34. The molecule has 33 heavy (non-hydrogen) atoms. The molecule has 0 aliphatic heterocycles. The molecule has 9 heteroatoms. The van der Waals surface area contributed by atoms with Gasteiger partial charge in [0.05, 0.1) is 17.4 Å². The quantitative estimate of drug-likeness (QED) is 0.447. The fraction of sp³-hybridized carbons (Fsp3) is 0.0833. The van der Waals surface area contributed by atoms with E-state index in [9.17, 15) is 17.6 Å². The van der Waals surface area contributed by atoms with Crippen LogP contribution in [0.15, 0.2) is 96.3 Å². The van der Waals surface area contributed by atoms with Gasteiger partial charge in [0.1, 0.15) is 11.5 Å². The molecule has 1 amide bonds. The van der Waals surface area contributed by atoms with Crippen LogP contribution in [0.3, 0.4) is 0 Å². The monoisotopic (exact) mass is 464 g/mol. The number of sulfonamides is 1. The van der Waals surface area contributed by atoms with Crippen molar-refractivity contribution in [2.75, 3.05) is 12.4 Å². The number of imidazole rings is 1. The molecule has 0 unspecified atom stereocenters. The van der Waals surface area contributed by atoms with Crippen LogP contribution in [0.1, 0.15) is 16.1 Å². The Labute approximate surface area is 191 Å². The van der Waals surface area contributed by atoms with Gasteiger partial charge >= 0.3 is 0 Å². The summed E-state index contributed by atoms with van der Waals surface area (Å²) in [6, 6.07) is 20.9. The zero-order chi connectivity index (χ0) is 23.4. The minimum absolute atomic E-state index is 0.121. The van der Waals surface area contributed by atoms with Crippen molar-refractivity contribution in [3.63, 3.8) is 0 Å². The lowest BCUT2D eigenvalue weighted by Crippen LogP contribution is -2.26. The largest absolute Gasteiger partial charge is 0.321 e. The zero-order valence-corrected chi connectivity index (χ0v) is 18.5. The van der Waals surface area contributed by atoms with Crippen molar-refractivity contribution in [2.24, 2.45) is 0 Å². The Morgan fingerprint density at radius 3 is 2.33 bits per heavy atom. The SMILES string of the molecule is CN(Cc1ccccc1)S(=O)(=O)c1ccc(NC(=O)c2cncn2-c2ccc(F)cc2)cc1. The second-order valence-corrected chi connectivity index (χ2v) is 9.40. The third-order valence-electron chi connectivity index (χ3n) is 5.04. The zero-order valence-electron chi connectivity index (χ0n) is 17.7. The predicted molar refractivity (Wildman–Crippen MR) is 123 cm³/mol. The molecule has 4 rings (SSSR count). The van der Waals surface area contributed by atoms with Gasteiger partial charge in [0, 0.05) is 25.0 Å². The number of amides is 1. The van der Waals surface area contributed by atoms with Crippen LogP contribution < -0.4 is 5.32 Å². The minimum atomic E-state index is -3.70. The summed E-state index contributed by atoms with van der Waals surface area (Å²) in [5, 5.41) is 2.73. The molecule has 0 aliphatic carbocycles. The van der Waals surface area contributed by atoms with Crippen LogP contribution in [0.5, 0.6) is 0 Å². The van der Waals surface area contributed by atoms with E-state index in [4.69, 9.17) is 0 Å². The summed E-state index contributed by atoms with van der Waals surface area (Å²) < 4.78 is 41.8. The molecule has 1 aromatic heterocycles. The van der Waals surface area contributed by atoms with Gasteiger partial charge in [-0.3, -0.25) is 9.36 Å². The molecule has 1 N–H and O–H groups in total. The van der Waals surface area contributed by atoms with Crippen LogP contribution in [0.4, 0.5) is 10.1 Å². The molecule has 0 saturated heterocycles. The third-order valence-corrected chi connectivity index (χ3v) is 6.86. The number of benzene rings is 3. The van der Waals surface area contributed by atoms with Crippen molar-refractivity contribution >= 4 is 21.6 Å². The van der Waals surface area contributed by atoms with E-state index in [-0.39, 0.29) is 23.0 Å². The Hall–Kier alpha value is -3.82. The average Bonchev–Trinajstić information content (AvgIpc) is 3.31. The van der Waals surface area contributed by atoms with Crippen LogP contribution in [-0.2, 0) is 16.6 Å². The van der Waals surface area contributed by atoms with E-state index in [1.54, 1.807) is 12.1 Å². The highest BCUT2D eigenvalue weighted by Gasteiger charge is 2.21. The van der Waals surface area contributed by atoms with Gasteiger partial charge in [-0.15, -0.1) is 0 Å². The molecule has 0 bridgehead atoms. The molecular weight excluding hydrogens is 443 g/mol. The first-order valence-corrected chi connectivity index (χ1v) is 11.5. The molecular formula is C24H21FN4O3S. The third kappa shape index (κ3) is 5.00. The summed E-state index contributed by atoms with van der Waals surface area (Å²) in [6.45, 7) is 0.245. The van der Waals surface area contributed by atoms with Crippen molar-refractivity contribution in [3.05, 3.63) is 108 Å². The van der Waals surface area contributed by atoms with Gasteiger partial charge in [-0.1, -0.05) is 30.3 Å². The average molecular weight is 465 g/mol. The topological polar surface area (TPSA) is 84.3 Å². The maximum Gasteiger partial charge on any atom is 0.274 e. The summed E-state index contributed by atoms with van der Waals surface area (Å²) in [5.74, 6) is -0.817. The van der Waals surface area contributed by atoms with Crippen molar-refractivity contribution in [1.82, 2.24) is 13.9 Å². The van der Waals surface area contributed by atoms with E-state index in [2.05, 4.69) is 10.3 Å². The van der Waals surface area contributed by atoms with Gasteiger partial charge in [-0.25, -0.2) is 17.8 Å². The minimum Gasteiger partial charge on any atom is -0.321 e. The van der Waals surface area contributed by atoms with Gasteiger partial charge in [0.2, 0.25) is 10.0 Å². The standard InChI is InChI=1S/C24H21FN4O3S/c1-28(16-18-5-3-2-4-6-18)33(31,32)22-13-9-20(10-14-22)27-24(30)23-15-26-17-29(23)21-11-7-19(25)8-12-21/h2-15,17H,16H2,1H3,(H,27,30). The predicted octanol–water partition coefficient (Wildman–Crippen LogP) is 4.08. The normalized spacial score (nSPS) is 11.5. The van der Waals surface area contributed by atoms with Gasteiger partial charge in [-0.2, -0.15) is 4.31 Å². The fourth-order valence-corrected chi connectivity index (χ4v) is 4.44. The highest BCUT2D eigenvalue weighted by molar-refractivity contribution is 7.89. The highest BCUT2D eigenvalue weighted by Crippen LogP contribution is 2.20. The van der Waals surface area contributed by atoms with E-state index >= 15 is 0 Å². The lowest BCUT2D eigenvalue weighted by Gasteiger charge is -2.17. The smallest absolute Gasteiger partial charge is 0.274 e. The molecule has 3 aromatic carbocycles. The molecule has 0 saturated carbocycles. The first-order valence-electron chi connectivity index (χ1n) is 10.0. The second kappa shape index (κ2) is 9.35. The summed E-state index contributed by atoms with van der Waals surface area (Å²) in [7, 11) is -2.17. The number of halogens is 1. The van der Waals surface area contributed by atoms with Crippen molar-refractivity contribution in [1.29, 1.82) is 0 Å². The first kappa shape index (κ1) is 22.4. The van der Waals surface area contributed by atoms with Crippen LogP contribution in [0, 0.1) is 5.82 Å². The molecule has 168 valence electrons. The van der Waals surface area contributed by atoms with Crippen molar-refractivity contribution in [3.8, 4) is 5.69 Å².